The van der Waals surface area contributed by atoms with Crippen LogP contribution in [-0.4, -0.2) is 22.9 Å². The normalized spacial score (nSPS) is 35.5. The zero-order valence-corrected chi connectivity index (χ0v) is 11.6. The maximum atomic E-state index is 11.1. The van der Waals surface area contributed by atoms with Crippen molar-refractivity contribution >= 4 is 0 Å². The van der Waals surface area contributed by atoms with Gasteiger partial charge in [-0.25, -0.2) is 0 Å². The van der Waals surface area contributed by atoms with Gasteiger partial charge in [0, 0.05) is 6.61 Å². The SMILES string of the molecule is OC1(C2CCOC3(CCCC3)C2)CCCCCC1. The summed E-state index contributed by atoms with van der Waals surface area (Å²) in [4.78, 5) is 0. The van der Waals surface area contributed by atoms with Gasteiger partial charge in [0.2, 0.25) is 0 Å². The monoisotopic (exact) mass is 252 g/mol. The predicted molar refractivity (Wildman–Crippen MR) is 72.5 cm³/mol. The molecule has 1 atom stereocenters. The molecule has 3 fully saturated rings. The van der Waals surface area contributed by atoms with Gasteiger partial charge in [-0.3, -0.25) is 0 Å². The first-order valence-corrected chi connectivity index (χ1v) is 8.09. The highest BCUT2D eigenvalue weighted by molar-refractivity contribution is 4.98. The van der Waals surface area contributed by atoms with Crippen molar-refractivity contribution in [3.8, 4) is 0 Å². The van der Waals surface area contributed by atoms with Crippen LogP contribution in [0.1, 0.15) is 77.0 Å². The molecule has 2 nitrogen and oxygen atoms in total. The van der Waals surface area contributed by atoms with E-state index in [1.807, 2.05) is 0 Å². The summed E-state index contributed by atoms with van der Waals surface area (Å²) in [6.45, 7) is 0.882. The molecule has 1 N–H and O–H groups in total. The van der Waals surface area contributed by atoms with E-state index in [1.54, 1.807) is 0 Å². The van der Waals surface area contributed by atoms with E-state index in [2.05, 4.69) is 0 Å². The fourth-order valence-corrected chi connectivity index (χ4v) is 4.60. The summed E-state index contributed by atoms with van der Waals surface area (Å²) >= 11 is 0. The molecule has 2 heteroatoms. The van der Waals surface area contributed by atoms with Gasteiger partial charge in [0.15, 0.2) is 0 Å². The minimum absolute atomic E-state index is 0.158. The summed E-state index contributed by atoms with van der Waals surface area (Å²) in [6.07, 6.45) is 14.5. The van der Waals surface area contributed by atoms with Gasteiger partial charge in [-0.15, -0.1) is 0 Å². The molecule has 0 aromatic rings. The van der Waals surface area contributed by atoms with E-state index in [4.69, 9.17) is 4.74 Å². The Labute approximate surface area is 111 Å². The van der Waals surface area contributed by atoms with Crippen LogP contribution in [0.15, 0.2) is 0 Å². The second-order valence-electron chi connectivity index (χ2n) is 6.95. The third-order valence-electron chi connectivity index (χ3n) is 5.74. The average Bonchev–Trinajstić information content (AvgIpc) is 2.69. The van der Waals surface area contributed by atoms with Gasteiger partial charge in [0.05, 0.1) is 11.2 Å². The number of ether oxygens (including phenoxy) is 1. The van der Waals surface area contributed by atoms with Crippen LogP contribution >= 0.6 is 0 Å². The Balaban J connectivity index is 1.70. The standard InChI is InChI=1S/C16H28O2/c17-16(10-3-1-2-4-11-16)14-7-12-18-15(13-14)8-5-6-9-15/h14,17H,1-13H2. The summed E-state index contributed by atoms with van der Waals surface area (Å²) < 4.78 is 6.11. The van der Waals surface area contributed by atoms with Crippen molar-refractivity contribution in [3.05, 3.63) is 0 Å². The van der Waals surface area contributed by atoms with Crippen molar-refractivity contribution in [2.24, 2.45) is 5.92 Å². The lowest BCUT2D eigenvalue weighted by Gasteiger charge is -2.45. The van der Waals surface area contributed by atoms with Crippen LogP contribution in [0, 0.1) is 5.92 Å². The highest BCUT2D eigenvalue weighted by Crippen LogP contribution is 2.47. The van der Waals surface area contributed by atoms with Gasteiger partial charge < -0.3 is 9.84 Å². The maximum absolute atomic E-state index is 11.1. The average molecular weight is 252 g/mol. The fourth-order valence-electron chi connectivity index (χ4n) is 4.60. The molecule has 1 saturated heterocycles. The van der Waals surface area contributed by atoms with Crippen molar-refractivity contribution in [1.29, 1.82) is 0 Å². The molecule has 3 rings (SSSR count). The smallest absolute Gasteiger partial charge is 0.0686 e. The Kier molecular flexibility index (Phi) is 3.68. The van der Waals surface area contributed by atoms with Gasteiger partial charge in [-0.05, 0) is 44.4 Å². The lowest BCUT2D eigenvalue weighted by atomic mass is 9.72. The molecule has 2 saturated carbocycles. The molecular formula is C16H28O2. The Morgan fingerprint density at radius 3 is 2.11 bits per heavy atom. The van der Waals surface area contributed by atoms with Gasteiger partial charge in [-0.1, -0.05) is 38.5 Å². The van der Waals surface area contributed by atoms with E-state index in [1.165, 1.54) is 51.4 Å². The van der Waals surface area contributed by atoms with Crippen LogP contribution in [0.3, 0.4) is 0 Å². The lowest BCUT2D eigenvalue weighted by molar-refractivity contribution is -0.144. The van der Waals surface area contributed by atoms with Crippen LogP contribution < -0.4 is 0 Å². The molecule has 0 bridgehead atoms. The van der Waals surface area contributed by atoms with Crippen molar-refractivity contribution in [2.45, 2.75) is 88.3 Å². The Morgan fingerprint density at radius 2 is 1.44 bits per heavy atom. The van der Waals surface area contributed by atoms with Gasteiger partial charge in [-0.2, -0.15) is 0 Å². The zero-order valence-electron chi connectivity index (χ0n) is 11.6. The summed E-state index contributed by atoms with van der Waals surface area (Å²) in [5.74, 6) is 0.502. The molecule has 0 aromatic heterocycles. The van der Waals surface area contributed by atoms with Crippen LogP contribution in [-0.2, 0) is 4.74 Å². The van der Waals surface area contributed by atoms with E-state index in [9.17, 15) is 5.11 Å². The summed E-state index contributed by atoms with van der Waals surface area (Å²) in [6, 6.07) is 0. The predicted octanol–water partition coefficient (Wildman–Crippen LogP) is 3.81. The Morgan fingerprint density at radius 1 is 0.833 bits per heavy atom. The van der Waals surface area contributed by atoms with Gasteiger partial charge in [0.1, 0.15) is 0 Å². The third-order valence-corrected chi connectivity index (χ3v) is 5.74. The first-order valence-electron chi connectivity index (χ1n) is 8.09. The number of aliphatic hydroxyl groups is 1. The molecule has 1 heterocycles. The Hall–Kier alpha value is -0.0800. The van der Waals surface area contributed by atoms with E-state index < -0.39 is 0 Å². The maximum Gasteiger partial charge on any atom is 0.0686 e. The lowest BCUT2D eigenvalue weighted by Crippen LogP contribution is -2.47. The first kappa shape index (κ1) is 12.9. The molecule has 1 aliphatic heterocycles. The van der Waals surface area contributed by atoms with E-state index >= 15 is 0 Å². The van der Waals surface area contributed by atoms with Gasteiger partial charge >= 0.3 is 0 Å². The summed E-state index contributed by atoms with van der Waals surface area (Å²) in [5.41, 5.74) is -0.208. The molecule has 3 aliphatic rings. The largest absolute Gasteiger partial charge is 0.390 e. The van der Waals surface area contributed by atoms with Crippen molar-refractivity contribution in [2.75, 3.05) is 6.61 Å². The zero-order chi connectivity index (χ0) is 12.5. The fraction of sp³-hybridized carbons (Fsp3) is 1.00. The molecular weight excluding hydrogens is 224 g/mol. The highest BCUT2D eigenvalue weighted by Gasteiger charge is 2.46. The highest BCUT2D eigenvalue weighted by atomic mass is 16.5. The van der Waals surface area contributed by atoms with Crippen LogP contribution in [0.5, 0.6) is 0 Å². The summed E-state index contributed by atoms with van der Waals surface area (Å²) in [7, 11) is 0. The van der Waals surface area contributed by atoms with Gasteiger partial charge in [0.25, 0.3) is 0 Å². The molecule has 0 amide bonds. The van der Waals surface area contributed by atoms with Crippen molar-refractivity contribution < 1.29 is 9.84 Å². The van der Waals surface area contributed by atoms with Crippen LogP contribution in [0.25, 0.3) is 0 Å². The van der Waals surface area contributed by atoms with E-state index in [0.717, 1.165) is 32.3 Å². The second kappa shape index (κ2) is 5.13. The number of hydrogen-bond donors (Lipinski definition) is 1. The van der Waals surface area contributed by atoms with Crippen LogP contribution in [0.2, 0.25) is 0 Å². The minimum Gasteiger partial charge on any atom is -0.390 e. The van der Waals surface area contributed by atoms with E-state index in [0.29, 0.717) is 5.92 Å². The molecule has 2 aliphatic carbocycles. The molecule has 0 radical (unpaired) electrons. The quantitative estimate of drug-likeness (QED) is 0.719. The van der Waals surface area contributed by atoms with Crippen molar-refractivity contribution in [3.63, 3.8) is 0 Å². The van der Waals surface area contributed by atoms with E-state index in [-0.39, 0.29) is 11.2 Å². The molecule has 104 valence electrons. The van der Waals surface area contributed by atoms with Crippen molar-refractivity contribution in [1.82, 2.24) is 0 Å². The summed E-state index contributed by atoms with van der Waals surface area (Å²) in [5, 5.41) is 11.1. The third kappa shape index (κ3) is 2.46. The molecule has 1 spiro atoms. The Bertz CT molecular complexity index is 273. The topological polar surface area (TPSA) is 29.5 Å². The minimum atomic E-state index is -0.365. The molecule has 18 heavy (non-hydrogen) atoms. The van der Waals surface area contributed by atoms with Crippen LogP contribution in [0.4, 0.5) is 0 Å². The molecule has 1 unspecified atom stereocenters. The molecule has 0 aromatic carbocycles. The second-order valence-corrected chi connectivity index (χ2v) is 6.95. The first-order chi connectivity index (χ1) is 8.73. The number of rotatable bonds is 1. The number of hydrogen-bond acceptors (Lipinski definition) is 2.